The Balaban J connectivity index is 1.50. The molecule has 0 radical (unpaired) electrons. The molecule has 1 saturated heterocycles. The molecule has 4 amide bonds. The van der Waals surface area contributed by atoms with Gasteiger partial charge in [-0.25, -0.2) is 0 Å². The fourth-order valence-electron chi connectivity index (χ4n) is 3.79. The summed E-state index contributed by atoms with van der Waals surface area (Å²) >= 11 is 0. The average molecular weight is 368 g/mol. The van der Waals surface area contributed by atoms with Crippen LogP contribution in [0.15, 0.2) is 30.4 Å². The van der Waals surface area contributed by atoms with Crippen molar-refractivity contribution in [2.24, 2.45) is 11.7 Å². The second-order valence-electron chi connectivity index (χ2n) is 7.13. The minimum atomic E-state index is -0.948. The second kappa shape index (κ2) is 6.62. The predicted octanol–water partition coefficient (Wildman–Crippen LogP) is 0.403. The summed E-state index contributed by atoms with van der Waals surface area (Å²) in [6, 6.07) is 4.12. The summed E-state index contributed by atoms with van der Waals surface area (Å²) in [7, 11) is 0. The highest BCUT2D eigenvalue weighted by Crippen LogP contribution is 2.29. The van der Waals surface area contributed by atoms with E-state index in [2.05, 4.69) is 16.7 Å². The lowest BCUT2D eigenvalue weighted by molar-refractivity contribution is -0.136. The Morgan fingerprint density at radius 2 is 1.89 bits per heavy atom. The summed E-state index contributed by atoms with van der Waals surface area (Å²) in [6.45, 7) is 0.683. The van der Waals surface area contributed by atoms with Gasteiger partial charge in [-0.3, -0.25) is 29.4 Å². The lowest BCUT2D eigenvalue weighted by Crippen LogP contribution is -2.54. The van der Waals surface area contributed by atoms with Gasteiger partial charge >= 0.3 is 0 Å². The Bertz CT molecular complexity index is 878. The number of nitrogens with two attached hydrogens (primary N) is 1. The molecule has 0 aromatic heterocycles. The van der Waals surface area contributed by atoms with E-state index in [4.69, 9.17) is 5.73 Å². The molecule has 0 spiro atoms. The minimum absolute atomic E-state index is 0.0816. The van der Waals surface area contributed by atoms with Gasteiger partial charge in [-0.1, -0.05) is 12.2 Å². The first-order valence-electron chi connectivity index (χ1n) is 8.97. The van der Waals surface area contributed by atoms with Gasteiger partial charge in [0.2, 0.25) is 11.8 Å². The first-order chi connectivity index (χ1) is 12.9. The summed E-state index contributed by atoms with van der Waals surface area (Å²) in [4.78, 5) is 49.8. The van der Waals surface area contributed by atoms with Crippen molar-refractivity contribution in [2.45, 2.75) is 31.3 Å². The molecule has 1 aromatic carbocycles. The number of piperidine rings is 1. The molecule has 3 atom stereocenters. The van der Waals surface area contributed by atoms with Gasteiger partial charge in [0.05, 0.1) is 11.1 Å². The number of rotatable bonds is 4. The van der Waals surface area contributed by atoms with Crippen molar-refractivity contribution < 1.29 is 19.2 Å². The van der Waals surface area contributed by atoms with Gasteiger partial charge in [0.15, 0.2) is 0 Å². The summed E-state index contributed by atoms with van der Waals surface area (Å²) < 4.78 is 0. The van der Waals surface area contributed by atoms with E-state index >= 15 is 0 Å². The van der Waals surface area contributed by atoms with Crippen molar-refractivity contribution in [3.8, 4) is 0 Å². The van der Waals surface area contributed by atoms with Crippen LogP contribution in [0.4, 0.5) is 5.69 Å². The van der Waals surface area contributed by atoms with E-state index in [1.165, 1.54) is 0 Å². The molecule has 2 aliphatic heterocycles. The molecule has 1 aromatic rings. The molecular weight excluding hydrogens is 348 g/mol. The van der Waals surface area contributed by atoms with Gasteiger partial charge in [0, 0.05) is 24.7 Å². The smallest absolute Gasteiger partial charge is 0.262 e. The number of hydrogen-bond donors (Lipinski definition) is 3. The van der Waals surface area contributed by atoms with Crippen LogP contribution in [0.2, 0.25) is 0 Å². The standard InChI is InChI=1S/C19H20N4O4/c20-11-2-1-10(7-11)9-21-12-3-4-13-14(8-12)19(27)23(18(13)26)15-5-6-16(24)22-17(15)25/h1-4,8,10-11,15,21H,5-7,9,20H2,(H,22,24,25)/t10-,11+,15?/m0/s1. The highest BCUT2D eigenvalue weighted by atomic mass is 16.2. The summed E-state index contributed by atoms with van der Waals surface area (Å²) in [5.41, 5.74) is 7.13. The van der Waals surface area contributed by atoms with Gasteiger partial charge in [-0.2, -0.15) is 0 Å². The van der Waals surface area contributed by atoms with Crippen LogP contribution in [0.25, 0.3) is 0 Å². The van der Waals surface area contributed by atoms with Crippen LogP contribution in [0, 0.1) is 5.92 Å². The Kier molecular flexibility index (Phi) is 4.27. The lowest BCUT2D eigenvalue weighted by Gasteiger charge is -2.27. The zero-order chi connectivity index (χ0) is 19.1. The molecule has 1 aliphatic carbocycles. The van der Waals surface area contributed by atoms with Crippen LogP contribution in [-0.2, 0) is 9.59 Å². The third-order valence-corrected chi connectivity index (χ3v) is 5.21. The molecule has 3 aliphatic rings. The Labute approximate surface area is 155 Å². The lowest BCUT2D eigenvalue weighted by atomic mass is 10.0. The highest BCUT2D eigenvalue weighted by Gasteiger charge is 2.44. The minimum Gasteiger partial charge on any atom is -0.384 e. The van der Waals surface area contributed by atoms with Crippen LogP contribution in [0.5, 0.6) is 0 Å². The molecular formula is C19H20N4O4. The monoisotopic (exact) mass is 368 g/mol. The van der Waals surface area contributed by atoms with Gasteiger partial charge in [0.25, 0.3) is 11.8 Å². The molecule has 140 valence electrons. The van der Waals surface area contributed by atoms with E-state index < -0.39 is 23.8 Å². The first kappa shape index (κ1) is 17.4. The van der Waals surface area contributed by atoms with Crippen molar-refractivity contribution in [2.75, 3.05) is 11.9 Å². The number of fused-ring (bicyclic) bond motifs is 1. The fourth-order valence-corrected chi connectivity index (χ4v) is 3.79. The maximum Gasteiger partial charge on any atom is 0.262 e. The zero-order valence-electron chi connectivity index (χ0n) is 14.6. The molecule has 1 unspecified atom stereocenters. The van der Waals surface area contributed by atoms with Gasteiger partial charge in [-0.15, -0.1) is 0 Å². The van der Waals surface area contributed by atoms with Crippen LogP contribution in [0.1, 0.15) is 40.0 Å². The SMILES string of the molecule is N[C@@H]1C=C[C@H](CNc2ccc3c(c2)C(=O)N(C2CCC(=O)NC2=O)C3=O)C1. The molecule has 0 saturated carbocycles. The largest absolute Gasteiger partial charge is 0.384 e. The van der Waals surface area contributed by atoms with Crippen molar-refractivity contribution in [3.05, 3.63) is 41.5 Å². The number of anilines is 1. The summed E-state index contributed by atoms with van der Waals surface area (Å²) in [6.07, 6.45) is 5.18. The highest BCUT2D eigenvalue weighted by molar-refractivity contribution is 6.23. The third-order valence-electron chi connectivity index (χ3n) is 5.21. The number of nitrogens with one attached hydrogen (secondary N) is 2. The van der Waals surface area contributed by atoms with Crippen molar-refractivity contribution in [1.29, 1.82) is 0 Å². The summed E-state index contributed by atoms with van der Waals surface area (Å²) in [5, 5.41) is 5.46. The number of carbonyl (C=O) groups is 4. The van der Waals surface area contributed by atoms with E-state index in [0.29, 0.717) is 12.5 Å². The molecule has 4 N–H and O–H groups in total. The Morgan fingerprint density at radius 1 is 1.11 bits per heavy atom. The number of amides is 4. The van der Waals surface area contributed by atoms with E-state index in [0.717, 1.165) is 17.0 Å². The van der Waals surface area contributed by atoms with E-state index in [1.807, 2.05) is 6.08 Å². The Hall–Kier alpha value is -3.00. The number of carbonyl (C=O) groups excluding carboxylic acids is 4. The number of imide groups is 2. The Morgan fingerprint density at radius 3 is 2.59 bits per heavy atom. The van der Waals surface area contributed by atoms with Gasteiger partial charge in [0.1, 0.15) is 6.04 Å². The fraction of sp³-hybridized carbons (Fsp3) is 0.368. The second-order valence-corrected chi connectivity index (χ2v) is 7.13. The third kappa shape index (κ3) is 3.12. The molecule has 4 rings (SSSR count). The number of nitrogens with zero attached hydrogens (tertiary/aromatic N) is 1. The van der Waals surface area contributed by atoms with Crippen LogP contribution in [-0.4, -0.2) is 47.2 Å². The predicted molar refractivity (Wildman–Crippen MR) is 96.8 cm³/mol. The topological polar surface area (TPSA) is 122 Å². The molecule has 8 heteroatoms. The van der Waals surface area contributed by atoms with Crippen LogP contribution in [0.3, 0.4) is 0 Å². The molecule has 8 nitrogen and oxygen atoms in total. The van der Waals surface area contributed by atoms with E-state index in [1.54, 1.807) is 18.2 Å². The normalized spacial score (nSPS) is 27.1. The maximum absolute atomic E-state index is 12.8. The number of hydrogen-bond acceptors (Lipinski definition) is 6. The molecule has 2 heterocycles. The van der Waals surface area contributed by atoms with Crippen molar-refractivity contribution in [3.63, 3.8) is 0 Å². The van der Waals surface area contributed by atoms with Crippen LogP contribution >= 0.6 is 0 Å². The molecule has 0 bridgehead atoms. The van der Waals surface area contributed by atoms with E-state index in [9.17, 15) is 19.2 Å². The number of benzene rings is 1. The average Bonchev–Trinajstić information content (AvgIpc) is 3.16. The van der Waals surface area contributed by atoms with Crippen LogP contribution < -0.4 is 16.4 Å². The van der Waals surface area contributed by atoms with Crippen molar-refractivity contribution >= 4 is 29.3 Å². The molecule has 1 fully saturated rings. The first-order valence-corrected chi connectivity index (χ1v) is 8.97. The zero-order valence-corrected chi connectivity index (χ0v) is 14.6. The quantitative estimate of drug-likeness (QED) is 0.522. The van der Waals surface area contributed by atoms with E-state index in [-0.39, 0.29) is 35.9 Å². The molecule has 27 heavy (non-hydrogen) atoms. The van der Waals surface area contributed by atoms with Gasteiger partial charge in [-0.05, 0) is 37.0 Å². The summed E-state index contributed by atoms with van der Waals surface area (Å²) in [5.74, 6) is -1.68. The van der Waals surface area contributed by atoms with Gasteiger partial charge < -0.3 is 11.1 Å². The van der Waals surface area contributed by atoms with Crippen molar-refractivity contribution in [1.82, 2.24) is 10.2 Å². The maximum atomic E-state index is 12.8.